The van der Waals surface area contributed by atoms with Gasteiger partial charge in [-0.05, 0) is 22.8 Å². The van der Waals surface area contributed by atoms with Crippen molar-refractivity contribution < 1.29 is 9.72 Å². The molecule has 1 atom stereocenters. The molecule has 0 fully saturated rings. The van der Waals surface area contributed by atoms with Crippen LogP contribution in [0.15, 0.2) is 115 Å². The second-order valence-electron chi connectivity index (χ2n) is 9.05. The van der Waals surface area contributed by atoms with Crippen molar-refractivity contribution >= 4 is 22.5 Å². The van der Waals surface area contributed by atoms with E-state index in [4.69, 9.17) is 0 Å². The lowest BCUT2D eigenvalue weighted by molar-refractivity contribution is -0.385. The Labute approximate surface area is 215 Å². The third-order valence-electron chi connectivity index (χ3n) is 6.62. The smallest absolute Gasteiger partial charge is 0.273 e. The van der Waals surface area contributed by atoms with E-state index >= 15 is 0 Å². The molecule has 1 heterocycles. The first-order valence-electron chi connectivity index (χ1n) is 12.3. The molecule has 0 aliphatic rings. The van der Waals surface area contributed by atoms with E-state index in [1.807, 2.05) is 79.0 Å². The van der Waals surface area contributed by atoms with Crippen LogP contribution in [0.4, 0.5) is 5.69 Å². The van der Waals surface area contributed by atoms with Crippen molar-refractivity contribution in [1.82, 2.24) is 9.88 Å². The minimum Gasteiger partial charge on any atom is -0.352 e. The molecule has 4 aromatic carbocycles. The Balaban J connectivity index is 1.55. The number of fused-ring (bicyclic) bond motifs is 1. The zero-order valence-electron chi connectivity index (χ0n) is 20.3. The number of carbonyl (C=O) groups is 1. The van der Waals surface area contributed by atoms with E-state index < -0.39 is 5.92 Å². The number of nitrogens with zero attached hydrogens (tertiary/aromatic N) is 2. The highest BCUT2D eigenvalue weighted by molar-refractivity contribution is 5.87. The molecule has 6 nitrogen and oxygen atoms in total. The van der Waals surface area contributed by atoms with Crippen molar-refractivity contribution in [3.8, 4) is 0 Å². The fraction of sp³-hybridized carbons (Fsp3) is 0.129. The standard InChI is InChI=1S/C31H27N3O3/c35-31(32-20-23-11-3-1-4-12-23)19-27(25-15-8-10-18-30(25)34(36)37)28-22-33(21-24-13-5-2-6-14-24)29-17-9-7-16-26(28)29/h1-18,22,27H,19-21H2,(H,32,35). The summed E-state index contributed by atoms with van der Waals surface area (Å²) in [6.45, 7) is 1.06. The Bertz CT molecular complexity index is 1530. The van der Waals surface area contributed by atoms with Crippen LogP contribution in [0.5, 0.6) is 0 Å². The van der Waals surface area contributed by atoms with Gasteiger partial charge in [0.05, 0.1) is 4.92 Å². The quantitative estimate of drug-likeness (QED) is 0.191. The van der Waals surface area contributed by atoms with Crippen LogP contribution in [-0.2, 0) is 17.9 Å². The van der Waals surface area contributed by atoms with Crippen LogP contribution >= 0.6 is 0 Å². The van der Waals surface area contributed by atoms with Gasteiger partial charge in [-0.15, -0.1) is 0 Å². The molecule has 0 radical (unpaired) electrons. The molecule has 1 unspecified atom stereocenters. The van der Waals surface area contributed by atoms with Gasteiger partial charge in [0.1, 0.15) is 0 Å². The molecule has 184 valence electrons. The summed E-state index contributed by atoms with van der Waals surface area (Å²) in [4.78, 5) is 24.8. The van der Waals surface area contributed by atoms with Gasteiger partial charge in [0.25, 0.3) is 5.69 Å². The van der Waals surface area contributed by atoms with E-state index in [0.717, 1.165) is 27.6 Å². The van der Waals surface area contributed by atoms with Crippen molar-refractivity contribution in [3.63, 3.8) is 0 Å². The average Bonchev–Trinajstić information content (AvgIpc) is 3.29. The number of nitrogens with one attached hydrogen (secondary N) is 1. The number of hydrogen-bond donors (Lipinski definition) is 1. The second-order valence-corrected chi connectivity index (χ2v) is 9.05. The minimum atomic E-state index is -0.487. The molecule has 0 bridgehead atoms. The van der Waals surface area contributed by atoms with Gasteiger partial charge in [0.2, 0.25) is 5.91 Å². The van der Waals surface area contributed by atoms with Crippen LogP contribution in [0.3, 0.4) is 0 Å². The highest BCUT2D eigenvalue weighted by Gasteiger charge is 2.28. The number of rotatable bonds is 9. The fourth-order valence-corrected chi connectivity index (χ4v) is 4.85. The van der Waals surface area contributed by atoms with Crippen LogP contribution in [0.2, 0.25) is 0 Å². The van der Waals surface area contributed by atoms with Crippen molar-refractivity contribution in [3.05, 3.63) is 148 Å². The second kappa shape index (κ2) is 10.9. The fourth-order valence-electron chi connectivity index (χ4n) is 4.85. The Morgan fingerprint density at radius 1 is 0.784 bits per heavy atom. The van der Waals surface area contributed by atoms with Crippen molar-refractivity contribution in [2.75, 3.05) is 0 Å². The van der Waals surface area contributed by atoms with E-state index in [1.54, 1.807) is 18.2 Å². The first-order valence-corrected chi connectivity index (χ1v) is 12.3. The topological polar surface area (TPSA) is 77.2 Å². The maximum absolute atomic E-state index is 13.2. The summed E-state index contributed by atoms with van der Waals surface area (Å²) in [5.74, 6) is -0.647. The number of benzene rings is 4. The Kier molecular flexibility index (Phi) is 7.08. The average molecular weight is 490 g/mol. The van der Waals surface area contributed by atoms with Crippen LogP contribution in [0.25, 0.3) is 10.9 Å². The molecule has 0 saturated heterocycles. The van der Waals surface area contributed by atoms with Gasteiger partial charge in [0.15, 0.2) is 0 Å². The summed E-state index contributed by atoms with van der Waals surface area (Å²) in [5, 5.41) is 15.9. The summed E-state index contributed by atoms with van der Waals surface area (Å²) in [6, 6.07) is 34.6. The Hall–Kier alpha value is -4.71. The molecule has 0 aliphatic carbocycles. The molecule has 5 rings (SSSR count). The highest BCUT2D eigenvalue weighted by atomic mass is 16.6. The number of nitro groups is 1. The summed E-state index contributed by atoms with van der Waals surface area (Å²) in [7, 11) is 0. The molecule has 6 heteroatoms. The van der Waals surface area contributed by atoms with E-state index in [9.17, 15) is 14.9 Å². The van der Waals surface area contributed by atoms with Gasteiger partial charge in [-0.3, -0.25) is 14.9 Å². The number of aromatic nitrogens is 1. The normalized spacial score (nSPS) is 11.8. The van der Waals surface area contributed by atoms with Crippen LogP contribution in [0.1, 0.15) is 34.6 Å². The van der Waals surface area contributed by atoms with E-state index in [1.165, 1.54) is 6.07 Å². The monoisotopic (exact) mass is 489 g/mol. The lowest BCUT2D eigenvalue weighted by Gasteiger charge is -2.17. The Morgan fingerprint density at radius 3 is 2.14 bits per heavy atom. The van der Waals surface area contributed by atoms with E-state index in [-0.39, 0.29) is 22.9 Å². The maximum Gasteiger partial charge on any atom is 0.273 e. The molecule has 1 N–H and O–H groups in total. The van der Waals surface area contributed by atoms with Gasteiger partial charge >= 0.3 is 0 Å². The van der Waals surface area contributed by atoms with Gasteiger partial charge < -0.3 is 9.88 Å². The van der Waals surface area contributed by atoms with Crippen LogP contribution in [-0.4, -0.2) is 15.4 Å². The molecule has 1 aromatic heterocycles. The van der Waals surface area contributed by atoms with E-state index in [0.29, 0.717) is 18.7 Å². The lowest BCUT2D eigenvalue weighted by atomic mass is 9.87. The Morgan fingerprint density at radius 2 is 1.41 bits per heavy atom. The number of amides is 1. The molecular formula is C31H27N3O3. The van der Waals surface area contributed by atoms with Gasteiger partial charge in [0, 0.05) is 54.2 Å². The molecule has 0 spiro atoms. The third-order valence-corrected chi connectivity index (χ3v) is 6.62. The summed E-state index contributed by atoms with van der Waals surface area (Å²) < 4.78 is 2.16. The van der Waals surface area contributed by atoms with Gasteiger partial charge in [-0.25, -0.2) is 0 Å². The molecule has 37 heavy (non-hydrogen) atoms. The van der Waals surface area contributed by atoms with Crippen molar-refractivity contribution in [2.24, 2.45) is 0 Å². The van der Waals surface area contributed by atoms with Crippen molar-refractivity contribution in [1.29, 1.82) is 0 Å². The zero-order chi connectivity index (χ0) is 25.6. The SMILES string of the molecule is O=C(CC(c1ccccc1[N+](=O)[O-])c1cn(Cc2ccccc2)c2ccccc12)NCc1ccccc1. The predicted octanol–water partition coefficient (Wildman–Crippen LogP) is 6.44. The molecule has 5 aromatic rings. The molecule has 0 saturated carbocycles. The van der Waals surface area contributed by atoms with Crippen molar-refractivity contribution in [2.45, 2.75) is 25.4 Å². The zero-order valence-corrected chi connectivity index (χ0v) is 20.3. The van der Waals surface area contributed by atoms with Gasteiger partial charge in [-0.2, -0.15) is 0 Å². The lowest BCUT2D eigenvalue weighted by Crippen LogP contribution is -2.25. The highest BCUT2D eigenvalue weighted by Crippen LogP contribution is 2.38. The number of nitro benzene ring substituents is 1. The third kappa shape index (κ3) is 5.43. The summed E-state index contributed by atoms with van der Waals surface area (Å²) in [6.07, 6.45) is 2.14. The first kappa shape index (κ1) is 24.0. The summed E-state index contributed by atoms with van der Waals surface area (Å²) >= 11 is 0. The molecule has 1 amide bonds. The largest absolute Gasteiger partial charge is 0.352 e. The van der Waals surface area contributed by atoms with Crippen LogP contribution in [0, 0.1) is 10.1 Å². The number of hydrogen-bond acceptors (Lipinski definition) is 3. The first-order chi connectivity index (χ1) is 18.1. The van der Waals surface area contributed by atoms with E-state index in [2.05, 4.69) is 22.0 Å². The molecular weight excluding hydrogens is 462 g/mol. The summed E-state index contributed by atoms with van der Waals surface area (Å²) in [5.41, 5.74) is 4.62. The number of carbonyl (C=O) groups excluding carboxylic acids is 1. The number of para-hydroxylation sites is 2. The maximum atomic E-state index is 13.2. The van der Waals surface area contributed by atoms with Crippen LogP contribution < -0.4 is 5.32 Å². The predicted molar refractivity (Wildman–Crippen MR) is 145 cm³/mol. The molecule has 0 aliphatic heterocycles. The minimum absolute atomic E-state index is 0.0169. The van der Waals surface area contributed by atoms with Gasteiger partial charge in [-0.1, -0.05) is 97.1 Å².